The van der Waals surface area contributed by atoms with Gasteiger partial charge in [0.15, 0.2) is 5.17 Å². The van der Waals surface area contributed by atoms with Crippen molar-refractivity contribution in [1.82, 2.24) is 9.88 Å². The number of aryl methyl sites for hydroxylation is 1. The van der Waals surface area contributed by atoms with E-state index in [0.29, 0.717) is 23.8 Å². The highest BCUT2D eigenvalue weighted by molar-refractivity contribution is 8.13. The van der Waals surface area contributed by atoms with Crippen LogP contribution in [0, 0.1) is 6.92 Å². The van der Waals surface area contributed by atoms with Gasteiger partial charge in [0, 0.05) is 35.9 Å². The number of phenolic OH excluding ortho intramolecular Hbond substituents is 1. The van der Waals surface area contributed by atoms with E-state index >= 15 is 0 Å². The first-order valence-electron chi connectivity index (χ1n) is 10.9. The zero-order valence-corrected chi connectivity index (χ0v) is 19.7. The first-order valence-corrected chi connectivity index (χ1v) is 11.7. The molecule has 0 aliphatic rings. The molecule has 0 bridgehead atoms. The average Bonchev–Trinajstić information content (AvgIpc) is 2.87. The van der Waals surface area contributed by atoms with Crippen LogP contribution in [0.25, 0.3) is 0 Å². The molecule has 1 N–H and O–H groups in total. The van der Waals surface area contributed by atoms with Gasteiger partial charge in [0.1, 0.15) is 5.75 Å². The van der Waals surface area contributed by atoms with Crippen LogP contribution in [0.4, 0.5) is 0 Å². The number of nitrogens with zero attached hydrogens (tertiary/aromatic N) is 3. The van der Waals surface area contributed by atoms with E-state index in [4.69, 9.17) is 0 Å². The molecule has 0 unspecified atom stereocenters. The largest absolute Gasteiger partial charge is 0.508 e. The molecule has 5 nitrogen and oxygen atoms in total. The Morgan fingerprint density at radius 3 is 2.12 bits per heavy atom. The van der Waals surface area contributed by atoms with Crippen LogP contribution in [-0.4, -0.2) is 26.1 Å². The second kappa shape index (κ2) is 11.3. The number of phenols is 1. The van der Waals surface area contributed by atoms with Gasteiger partial charge >= 0.3 is 0 Å². The van der Waals surface area contributed by atoms with Crippen molar-refractivity contribution in [2.45, 2.75) is 24.9 Å². The first-order chi connectivity index (χ1) is 16.6. The number of aliphatic imine (C=N–C) groups is 1. The standard InChI is InChI=1S/C28H25N3O2S/c1-21-7-13-26(14-8-21)34-28(30-27(33)24-15-17-29-18-16-24)31(19-22-5-3-2-4-6-22)20-23-9-11-25(32)12-10-23/h2-18,32H,19-20H2,1H3. The number of rotatable bonds is 6. The van der Waals surface area contributed by atoms with Crippen molar-refractivity contribution in [2.24, 2.45) is 4.99 Å². The summed E-state index contributed by atoms with van der Waals surface area (Å²) in [6.45, 7) is 3.14. The molecule has 0 saturated carbocycles. The van der Waals surface area contributed by atoms with Crippen LogP contribution >= 0.6 is 11.8 Å². The Morgan fingerprint density at radius 1 is 0.853 bits per heavy atom. The quantitative estimate of drug-likeness (QED) is 0.211. The summed E-state index contributed by atoms with van der Waals surface area (Å²) in [5.74, 6) is -0.102. The third-order valence-electron chi connectivity index (χ3n) is 5.15. The van der Waals surface area contributed by atoms with E-state index in [-0.39, 0.29) is 11.7 Å². The van der Waals surface area contributed by atoms with Gasteiger partial charge in [-0.2, -0.15) is 4.99 Å². The molecular formula is C28H25N3O2S. The van der Waals surface area contributed by atoms with Crippen molar-refractivity contribution in [2.75, 3.05) is 0 Å². The highest BCUT2D eigenvalue weighted by atomic mass is 32.2. The molecule has 34 heavy (non-hydrogen) atoms. The number of amidine groups is 1. The summed E-state index contributed by atoms with van der Waals surface area (Å²) < 4.78 is 0. The number of thioether (sulfide) groups is 1. The molecule has 3 aromatic carbocycles. The first kappa shape index (κ1) is 23.3. The van der Waals surface area contributed by atoms with E-state index in [9.17, 15) is 9.90 Å². The topological polar surface area (TPSA) is 65.8 Å². The number of pyridine rings is 1. The Kier molecular flexibility index (Phi) is 7.73. The number of benzene rings is 3. The van der Waals surface area contributed by atoms with Crippen LogP contribution in [0.3, 0.4) is 0 Å². The Balaban J connectivity index is 1.72. The zero-order valence-electron chi connectivity index (χ0n) is 18.8. The minimum atomic E-state index is -0.319. The predicted molar refractivity (Wildman–Crippen MR) is 137 cm³/mol. The molecule has 170 valence electrons. The number of aromatic nitrogens is 1. The molecule has 0 fully saturated rings. The predicted octanol–water partition coefficient (Wildman–Crippen LogP) is 6.09. The summed E-state index contributed by atoms with van der Waals surface area (Å²) in [7, 11) is 0. The van der Waals surface area contributed by atoms with Crippen LogP contribution in [0.5, 0.6) is 5.75 Å². The maximum atomic E-state index is 13.1. The highest BCUT2D eigenvalue weighted by Crippen LogP contribution is 2.26. The average molecular weight is 468 g/mol. The number of carbonyl (C=O) groups excluding carboxylic acids is 1. The van der Waals surface area contributed by atoms with Crippen LogP contribution in [-0.2, 0) is 13.1 Å². The van der Waals surface area contributed by atoms with E-state index in [2.05, 4.69) is 27.0 Å². The lowest BCUT2D eigenvalue weighted by Gasteiger charge is -2.26. The van der Waals surface area contributed by atoms with Gasteiger partial charge in [0.25, 0.3) is 5.91 Å². The summed E-state index contributed by atoms with van der Waals surface area (Å²) in [6, 6.07) is 28.7. The van der Waals surface area contributed by atoms with E-state index in [0.717, 1.165) is 16.0 Å². The van der Waals surface area contributed by atoms with Crippen molar-refractivity contribution < 1.29 is 9.90 Å². The third kappa shape index (κ3) is 6.56. The molecule has 4 aromatic rings. The van der Waals surface area contributed by atoms with Gasteiger partial charge < -0.3 is 10.0 Å². The third-order valence-corrected chi connectivity index (χ3v) is 6.19. The Bertz CT molecular complexity index is 1240. The van der Waals surface area contributed by atoms with Crippen molar-refractivity contribution in [3.8, 4) is 5.75 Å². The lowest BCUT2D eigenvalue weighted by molar-refractivity contribution is 0.100. The second-order valence-corrected chi connectivity index (χ2v) is 8.90. The monoisotopic (exact) mass is 467 g/mol. The van der Waals surface area contributed by atoms with E-state index in [1.54, 1.807) is 36.7 Å². The van der Waals surface area contributed by atoms with Gasteiger partial charge in [0.2, 0.25) is 0 Å². The fourth-order valence-corrected chi connectivity index (χ4v) is 4.20. The summed E-state index contributed by atoms with van der Waals surface area (Å²) in [5.41, 5.74) is 3.76. The summed E-state index contributed by atoms with van der Waals surface area (Å²) in [6.07, 6.45) is 3.18. The minimum absolute atomic E-state index is 0.217. The fraction of sp³-hybridized carbons (Fsp3) is 0.107. The molecule has 1 heterocycles. The number of carbonyl (C=O) groups is 1. The molecule has 0 atom stereocenters. The van der Waals surface area contributed by atoms with Gasteiger partial charge in [-0.3, -0.25) is 9.78 Å². The van der Waals surface area contributed by atoms with Crippen LogP contribution in [0.1, 0.15) is 27.0 Å². The maximum Gasteiger partial charge on any atom is 0.279 e. The van der Waals surface area contributed by atoms with Gasteiger partial charge in [-0.1, -0.05) is 71.9 Å². The van der Waals surface area contributed by atoms with Gasteiger partial charge in [-0.25, -0.2) is 0 Å². The molecule has 6 heteroatoms. The van der Waals surface area contributed by atoms with Crippen molar-refractivity contribution in [3.05, 3.63) is 126 Å². The molecule has 1 aromatic heterocycles. The number of hydrogen-bond donors (Lipinski definition) is 1. The zero-order chi connectivity index (χ0) is 23.8. The van der Waals surface area contributed by atoms with Crippen molar-refractivity contribution in [1.29, 1.82) is 0 Å². The maximum absolute atomic E-state index is 13.1. The normalized spacial score (nSPS) is 11.3. The molecule has 0 aliphatic carbocycles. The van der Waals surface area contributed by atoms with Gasteiger partial charge in [-0.05, 0) is 54.4 Å². The minimum Gasteiger partial charge on any atom is -0.508 e. The molecule has 0 spiro atoms. The number of aromatic hydroxyl groups is 1. The molecule has 1 amide bonds. The number of hydrogen-bond acceptors (Lipinski definition) is 4. The lowest BCUT2D eigenvalue weighted by atomic mass is 10.2. The SMILES string of the molecule is Cc1ccc(SC(=NC(=O)c2ccncc2)N(Cc2ccccc2)Cc2ccc(O)cc2)cc1. The Hall–Kier alpha value is -3.90. The molecular weight excluding hydrogens is 442 g/mol. The van der Waals surface area contributed by atoms with E-state index in [1.807, 2.05) is 61.5 Å². The van der Waals surface area contributed by atoms with Crippen LogP contribution < -0.4 is 0 Å². The summed E-state index contributed by atoms with van der Waals surface area (Å²) in [4.78, 5) is 24.7. The molecule has 0 saturated heterocycles. The van der Waals surface area contributed by atoms with Crippen molar-refractivity contribution >= 4 is 22.8 Å². The van der Waals surface area contributed by atoms with Gasteiger partial charge in [-0.15, -0.1) is 0 Å². The van der Waals surface area contributed by atoms with Gasteiger partial charge in [0.05, 0.1) is 0 Å². The van der Waals surface area contributed by atoms with E-state index in [1.165, 1.54) is 17.3 Å². The molecule has 0 radical (unpaired) electrons. The molecule has 4 rings (SSSR count). The van der Waals surface area contributed by atoms with E-state index < -0.39 is 0 Å². The lowest BCUT2D eigenvalue weighted by Crippen LogP contribution is -2.29. The fourth-order valence-electron chi connectivity index (χ4n) is 3.33. The smallest absolute Gasteiger partial charge is 0.279 e. The number of amides is 1. The Morgan fingerprint density at radius 2 is 1.47 bits per heavy atom. The van der Waals surface area contributed by atoms with Crippen LogP contribution in [0.2, 0.25) is 0 Å². The summed E-state index contributed by atoms with van der Waals surface area (Å²) >= 11 is 1.46. The second-order valence-electron chi connectivity index (χ2n) is 7.86. The summed E-state index contributed by atoms with van der Waals surface area (Å²) in [5, 5.41) is 10.3. The Labute approximate surface area is 203 Å². The highest BCUT2D eigenvalue weighted by Gasteiger charge is 2.18. The van der Waals surface area contributed by atoms with Crippen LogP contribution in [0.15, 0.2) is 113 Å². The molecule has 0 aliphatic heterocycles. The van der Waals surface area contributed by atoms with Crippen molar-refractivity contribution in [3.63, 3.8) is 0 Å².